The number of aryl methyl sites for hydroxylation is 2. The fraction of sp³-hybridized carbons (Fsp3) is 0.273. The van der Waals surface area contributed by atoms with Gasteiger partial charge in [-0.05, 0) is 62.1 Å². The van der Waals surface area contributed by atoms with Gasteiger partial charge in [-0.25, -0.2) is 9.78 Å². The van der Waals surface area contributed by atoms with E-state index in [0.717, 1.165) is 64.2 Å². The van der Waals surface area contributed by atoms with Gasteiger partial charge in [-0.15, -0.1) is 17.0 Å². The fourth-order valence-corrected chi connectivity index (χ4v) is 5.67. The van der Waals surface area contributed by atoms with E-state index in [-0.39, 0.29) is 28.1 Å². The fourth-order valence-electron chi connectivity index (χ4n) is 5.67. The lowest BCUT2D eigenvalue weighted by atomic mass is 9.96. The maximum absolute atomic E-state index is 14.1. The molecule has 0 radical (unpaired) electrons. The van der Waals surface area contributed by atoms with Crippen LogP contribution in [0.4, 0.5) is 0 Å². The SMILES string of the molecule is Br.CCCc1nc(C)n(-c2ccc3c(c2)CC(C)(C)O3)c(=O)c1Cc1ccc(-c2ccccc2-c2noc(=O)[nH]2)cc1. The summed E-state index contributed by atoms with van der Waals surface area (Å²) < 4.78 is 12.5. The summed E-state index contributed by atoms with van der Waals surface area (Å²) in [5, 5.41) is 3.85. The number of hydrogen-bond donors (Lipinski definition) is 1. The van der Waals surface area contributed by atoms with E-state index in [1.807, 2.05) is 67.6 Å². The molecule has 1 aliphatic rings. The van der Waals surface area contributed by atoms with Crippen LogP contribution in [0.3, 0.4) is 0 Å². The summed E-state index contributed by atoms with van der Waals surface area (Å²) in [7, 11) is 0. The summed E-state index contributed by atoms with van der Waals surface area (Å²) in [6.07, 6.45) is 2.90. The third-order valence-electron chi connectivity index (χ3n) is 7.49. The van der Waals surface area contributed by atoms with Gasteiger partial charge in [0.1, 0.15) is 17.2 Å². The second-order valence-corrected chi connectivity index (χ2v) is 11.2. The Morgan fingerprint density at radius 3 is 2.43 bits per heavy atom. The molecule has 1 N–H and O–H groups in total. The highest BCUT2D eigenvalue weighted by Crippen LogP contribution is 2.36. The summed E-state index contributed by atoms with van der Waals surface area (Å²) >= 11 is 0. The van der Waals surface area contributed by atoms with Gasteiger partial charge in [0.2, 0.25) is 0 Å². The van der Waals surface area contributed by atoms with Crippen LogP contribution in [0.25, 0.3) is 28.2 Å². The van der Waals surface area contributed by atoms with Crippen molar-refractivity contribution in [1.29, 1.82) is 0 Å². The Hall–Kier alpha value is -4.24. The standard InChI is InChI=1S/C33H32N4O4.BrH/c1-5-8-28-27(31(38)37(20(2)34-28)24-15-16-29-23(18-24)19-33(3,4)40-29)17-21-11-13-22(14-12-21)25-9-6-7-10-26(25)30-35-32(39)41-36-30;/h6-7,9-16,18H,5,8,17,19H2,1-4H3,(H,35,36,39);1H. The van der Waals surface area contributed by atoms with Crippen molar-refractivity contribution in [2.24, 2.45) is 0 Å². The summed E-state index contributed by atoms with van der Waals surface area (Å²) in [6.45, 7) is 8.14. The first-order chi connectivity index (χ1) is 19.7. The normalized spacial score (nSPS) is 13.3. The van der Waals surface area contributed by atoms with E-state index in [1.54, 1.807) is 4.57 Å². The molecule has 8 nitrogen and oxygen atoms in total. The minimum absolute atomic E-state index is 0. The predicted molar refractivity (Wildman–Crippen MR) is 168 cm³/mol. The molecular weight excluding hydrogens is 596 g/mol. The van der Waals surface area contributed by atoms with Crippen LogP contribution in [0.1, 0.15) is 55.4 Å². The van der Waals surface area contributed by atoms with Crippen LogP contribution in [-0.4, -0.2) is 25.3 Å². The molecule has 0 spiro atoms. The quantitative estimate of drug-likeness (QED) is 0.224. The van der Waals surface area contributed by atoms with Crippen LogP contribution >= 0.6 is 17.0 Å². The van der Waals surface area contributed by atoms with E-state index < -0.39 is 5.76 Å². The van der Waals surface area contributed by atoms with Gasteiger partial charge in [0, 0.05) is 29.5 Å². The number of rotatable bonds is 7. The third kappa shape index (κ3) is 5.61. The van der Waals surface area contributed by atoms with E-state index in [1.165, 1.54) is 0 Å². The van der Waals surface area contributed by atoms with Crippen LogP contribution in [0.5, 0.6) is 5.75 Å². The summed E-state index contributed by atoms with van der Waals surface area (Å²) in [5.41, 5.74) is 6.83. The van der Waals surface area contributed by atoms with Crippen molar-refractivity contribution in [2.45, 2.75) is 59.0 Å². The predicted octanol–water partition coefficient (Wildman–Crippen LogP) is 6.39. The molecule has 0 saturated carbocycles. The Morgan fingerprint density at radius 1 is 1.00 bits per heavy atom. The van der Waals surface area contributed by atoms with Crippen LogP contribution < -0.4 is 16.1 Å². The van der Waals surface area contributed by atoms with Crippen molar-refractivity contribution in [3.63, 3.8) is 0 Å². The van der Waals surface area contributed by atoms with Crippen LogP contribution in [0.15, 0.2) is 80.8 Å². The molecule has 3 aromatic carbocycles. The molecule has 5 aromatic rings. The zero-order valence-corrected chi connectivity index (χ0v) is 25.8. The van der Waals surface area contributed by atoms with Crippen molar-refractivity contribution in [1.82, 2.24) is 19.7 Å². The van der Waals surface area contributed by atoms with Crippen molar-refractivity contribution >= 4 is 17.0 Å². The molecule has 0 bridgehead atoms. The Labute approximate surface area is 254 Å². The van der Waals surface area contributed by atoms with Gasteiger partial charge in [-0.2, -0.15) is 0 Å². The topological polar surface area (TPSA) is 103 Å². The first-order valence-corrected chi connectivity index (χ1v) is 13.9. The molecule has 0 fully saturated rings. The molecule has 0 atom stereocenters. The Balaban J connectivity index is 0.00000353. The zero-order valence-electron chi connectivity index (χ0n) is 24.1. The number of aromatic amines is 1. The van der Waals surface area contributed by atoms with Crippen LogP contribution in [0, 0.1) is 6.92 Å². The zero-order chi connectivity index (χ0) is 28.7. The van der Waals surface area contributed by atoms with Gasteiger partial charge in [0.25, 0.3) is 5.56 Å². The Kier molecular flexibility index (Phi) is 8.06. The smallest absolute Gasteiger partial charge is 0.439 e. The molecule has 0 saturated heterocycles. The molecule has 9 heteroatoms. The number of benzene rings is 3. The van der Waals surface area contributed by atoms with E-state index in [4.69, 9.17) is 14.2 Å². The maximum Gasteiger partial charge on any atom is 0.439 e. The lowest BCUT2D eigenvalue weighted by Gasteiger charge is -2.16. The van der Waals surface area contributed by atoms with Crippen molar-refractivity contribution in [2.75, 3.05) is 0 Å². The lowest BCUT2D eigenvalue weighted by Crippen LogP contribution is -2.28. The van der Waals surface area contributed by atoms with Crippen LogP contribution in [0.2, 0.25) is 0 Å². The van der Waals surface area contributed by atoms with Gasteiger partial charge in [-0.3, -0.25) is 18.9 Å². The Bertz CT molecular complexity index is 1870. The molecule has 6 rings (SSSR count). The minimum atomic E-state index is -0.595. The molecule has 42 heavy (non-hydrogen) atoms. The summed E-state index contributed by atoms with van der Waals surface area (Å²) in [4.78, 5) is 33.1. The highest BCUT2D eigenvalue weighted by atomic mass is 79.9. The first kappa shape index (κ1) is 29.3. The van der Waals surface area contributed by atoms with Crippen molar-refractivity contribution in [3.05, 3.63) is 116 Å². The lowest BCUT2D eigenvalue weighted by molar-refractivity contribution is 0.138. The van der Waals surface area contributed by atoms with E-state index in [2.05, 4.69) is 37.0 Å². The molecule has 2 aromatic heterocycles. The second-order valence-electron chi connectivity index (χ2n) is 11.2. The highest BCUT2D eigenvalue weighted by molar-refractivity contribution is 8.93. The third-order valence-corrected chi connectivity index (χ3v) is 7.49. The molecule has 3 heterocycles. The average Bonchev–Trinajstić information content (AvgIpc) is 3.52. The molecule has 0 amide bonds. The minimum Gasteiger partial charge on any atom is -0.487 e. The number of nitrogens with zero attached hydrogens (tertiary/aromatic N) is 3. The number of hydrogen-bond acceptors (Lipinski definition) is 6. The van der Waals surface area contributed by atoms with Gasteiger partial charge in [0.15, 0.2) is 5.82 Å². The van der Waals surface area contributed by atoms with Crippen molar-refractivity contribution in [3.8, 4) is 34.0 Å². The van der Waals surface area contributed by atoms with E-state index in [9.17, 15) is 9.59 Å². The number of H-pyrrole nitrogens is 1. The second kappa shape index (κ2) is 11.6. The summed E-state index contributed by atoms with van der Waals surface area (Å²) in [5.74, 6) is 1.34. The van der Waals surface area contributed by atoms with Gasteiger partial charge < -0.3 is 4.74 Å². The van der Waals surface area contributed by atoms with Crippen molar-refractivity contribution < 1.29 is 9.26 Å². The summed E-state index contributed by atoms with van der Waals surface area (Å²) in [6, 6.07) is 21.7. The number of nitrogens with one attached hydrogen (secondary N) is 1. The largest absolute Gasteiger partial charge is 0.487 e. The average molecular weight is 630 g/mol. The van der Waals surface area contributed by atoms with Gasteiger partial charge >= 0.3 is 5.76 Å². The molecule has 0 aliphatic carbocycles. The maximum atomic E-state index is 14.1. The molecule has 0 unspecified atom stereocenters. The highest BCUT2D eigenvalue weighted by Gasteiger charge is 2.30. The molecule has 1 aliphatic heterocycles. The monoisotopic (exact) mass is 628 g/mol. The number of fused-ring (bicyclic) bond motifs is 1. The molecule has 216 valence electrons. The van der Waals surface area contributed by atoms with Gasteiger partial charge in [-0.1, -0.05) is 67.0 Å². The number of aromatic nitrogens is 4. The van der Waals surface area contributed by atoms with E-state index >= 15 is 0 Å². The van der Waals surface area contributed by atoms with Gasteiger partial charge in [0.05, 0.1) is 11.4 Å². The first-order valence-electron chi connectivity index (χ1n) is 13.9. The number of halogens is 1. The Morgan fingerprint density at radius 2 is 1.74 bits per heavy atom. The molecular formula is C33H33BrN4O4. The number of ether oxygens (including phenoxy) is 1. The van der Waals surface area contributed by atoms with Crippen LogP contribution in [-0.2, 0) is 19.3 Å². The van der Waals surface area contributed by atoms with E-state index in [0.29, 0.717) is 23.6 Å².